The van der Waals surface area contributed by atoms with E-state index in [-0.39, 0.29) is 21.5 Å². The van der Waals surface area contributed by atoms with Gasteiger partial charge < -0.3 is 9.05 Å². The highest BCUT2D eigenvalue weighted by molar-refractivity contribution is 7.52. The largest absolute Gasteiger partial charge is 0.510 e. The van der Waals surface area contributed by atoms with E-state index in [0.717, 1.165) is 0 Å². The third kappa shape index (κ3) is 4.68. The van der Waals surface area contributed by atoms with Gasteiger partial charge in [0.15, 0.2) is 0 Å². The first-order valence-electron chi connectivity index (χ1n) is 5.45. The lowest BCUT2D eigenvalue weighted by Gasteiger charge is -2.17. The molecule has 112 valence electrons. The van der Waals surface area contributed by atoms with Crippen LogP contribution in [-0.4, -0.2) is 0 Å². The Hall–Kier alpha value is -0.610. The summed E-state index contributed by atoms with van der Waals surface area (Å²) < 4.78 is 22.4. The third-order valence-corrected chi connectivity index (χ3v) is 4.20. The van der Waals surface area contributed by atoms with Gasteiger partial charge in [0.1, 0.15) is 11.5 Å². The fourth-order valence-electron chi connectivity index (χ4n) is 1.39. The van der Waals surface area contributed by atoms with Crippen molar-refractivity contribution in [2.24, 2.45) is 5.50 Å². The maximum absolute atomic E-state index is 12.2. The van der Waals surface area contributed by atoms with Crippen LogP contribution >= 0.6 is 54.2 Å². The van der Waals surface area contributed by atoms with Crippen LogP contribution < -0.4 is 14.6 Å². The molecule has 4 nitrogen and oxygen atoms in total. The summed E-state index contributed by atoms with van der Waals surface area (Å²) >= 11 is 23.3. The zero-order valence-corrected chi connectivity index (χ0v) is 14.1. The summed E-state index contributed by atoms with van der Waals surface area (Å²) in [7, 11) is -3.98. The molecule has 21 heavy (non-hydrogen) atoms. The Labute approximate surface area is 141 Å². The maximum atomic E-state index is 12.2. The van der Waals surface area contributed by atoms with E-state index in [2.05, 4.69) is 0 Å². The Morgan fingerprint density at radius 3 is 1.52 bits per heavy atom. The van der Waals surface area contributed by atoms with Crippen LogP contribution in [0.5, 0.6) is 11.5 Å². The lowest BCUT2D eigenvalue weighted by Crippen LogP contribution is -2.09. The minimum atomic E-state index is -3.98. The number of nitrogens with two attached hydrogens (primary N) is 1. The molecule has 2 N–H and O–H groups in total. The monoisotopic (exact) mass is 385 g/mol. The number of benzene rings is 2. The molecule has 0 heterocycles. The Kier molecular flexibility index (Phi) is 5.31. The van der Waals surface area contributed by atoms with Gasteiger partial charge in [0.25, 0.3) is 0 Å². The van der Waals surface area contributed by atoms with Crippen molar-refractivity contribution in [2.75, 3.05) is 0 Å². The molecule has 0 unspecified atom stereocenters. The standard InChI is InChI=1S/C12H8Cl4NO3P/c13-7-1-3-11(9(15)5-7)19-21(17,18)20-12-4-2-8(14)6-10(12)16/h1-6H,(H2,17,18). The molecule has 2 aromatic rings. The van der Waals surface area contributed by atoms with E-state index < -0.39 is 7.75 Å². The van der Waals surface area contributed by atoms with Crippen LogP contribution in [0.15, 0.2) is 36.4 Å². The summed E-state index contributed by atoms with van der Waals surface area (Å²) in [5.41, 5.74) is 5.52. The van der Waals surface area contributed by atoms with Crippen LogP contribution in [0.2, 0.25) is 20.1 Å². The minimum absolute atomic E-state index is 0.0805. The molecule has 0 bridgehead atoms. The first kappa shape index (κ1) is 16.8. The Morgan fingerprint density at radius 1 is 0.810 bits per heavy atom. The smallest absolute Gasteiger partial charge is 0.403 e. The Bertz CT molecular complexity index is 668. The zero-order chi connectivity index (χ0) is 15.6. The van der Waals surface area contributed by atoms with Crippen molar-refractivity contribution in [1.82, 2.24) is 0 Å². The molecule has 0 saturated heterocycles. The van der Waals surface area contributed by atoms with E-state index in [4.69, 9.17) is 61.0 Å². The normalized spacial score (nSPS) is 11.3. The van der Waals surface area contributed by atoms with Crippen LogP contribution in [0.3, 0.4) is 0 Å². The van der Waals surface area contributed by atoms with E-state index in [0.29, 0.717) is 10.0 Å². The molecule has 0 saturated carbocycles. The average Bonchev–Trinajstić information content (AvgIpc) is 2.36. The molecule has 0 aliphatic heterocycles. The van der Waals surface area contributed by atoms with Crippen LogP contribution in [0.1, 0.15) is 0 Å². The zero-order valence-electron chi connectivity index (χ0n) is 10.2. The summed E-state index contributed by atoms with van der Waals surface area (Å²) in [5.74, 6) is 0.161. The highest BCUT2D eigenvalue weighted by atomic mass is 35.5. The number of hydrogen-bond donors (Lipinski definition) is 1. The summed E-state index contributed by atoms with van der Waals surface area (Å²) in [6, 6.07) is 8.73. The van der Waals surface area contributed by atoms with E-state index in [1.54, 1.807) is 0 Å². The molecular formula is C12H8Cl4NO3P. The maximum Gasteiger partial charge on any atom is 0.510 e. The Balaban J connectivity index is 2.20. The minimum Gasteiger partial charge on any atom is -0.403 e. The molecule has 9 heteroatoms. The SMILES string of the molecule is NP(=O)(Oc1ccc(Cl)cc1Cl)Oc1ccc(Cl)cc1Cl. The van der Waals surface area contributed by atoms with Gasteiger partial charge in [-0.15, -0.1) is 0 Å². The predicted molar refractivity (Wildman–Crippen MR) is 86.0 cm³/mol. The van der Waals surface area contributed by atoms with Gasteiger partial charge in [-0.3, -0.25) is 0 Å². The van der Waals surface area contributed by atoms with Crippen molar-refractivity contribution in [2.45, 2.75) is 0 Å². The second-order valence-electron chi connectivity index (χ2n) is 3.87. The average molecular weight is 387 g/mol. The van der Waals surface area contributed by atoms with Gasteiger partial charge in [-0.1, -0.05) is 46.4 Å². The van der Waals surface area contributed by atoms with Gasteiger partial charge in [-0.25, -0.2) is 10.1 Å². The van der Waals surface area contributed by atoms with Crippen molar-refractivity contribution in [3.05, 3.63) is 56.5 Å². The predicted octanol–water partition coefficient (Wildman–Crippen LogP) is 5.82. The van der Waals surface area contributed by atoms with Gasteiger partial charge in [0.05, 0.1) is 10.0 Å². The van der Waals surface area contributed by atoms with Crippen molar-refractivity contribution < 1.29 is 13.6 Å². The first-order chi connectivity index (χ1) is 9.77. The van der Waals surface area contributed by atoms with Gasteiger partial charge in [-0.05, 0) is 36.4 Å². The number of halogens is 4. The molecule has 2 aromatic carbocycles. The number of hydrogen-bond acceptors (Lipinski definition) is 3. The molecule has 0 aliphatic rings. The van der Waals surface area contributed by atoms with E-state index in [1.807, 2.05) is 0 Å². The van der Waals surface area contributed by atoms with Gasteiger partial charge in [0.2, 0.25) is 0 Å². The molecule has 0 spiro atoms. The Morgan fingerprint density at radius 2 is 1.19 bits per heavy atom. The van der Waals surface area contributed by atoms with E-state index in [1.165, 1.54) is 36.4 Å². The van der Waals surface area contributed by atoms with Gasteiger partial charge in [-0.2, -0.15) is 0 Å². The molecule has 2 rings (SSSR count). The molecule has 0 amide bonds. The summed E-state index contributed by atoms with van der Waals surface area (Å²) in [6.07, 6.45) is 0. The lowest BCUT2D eigenvalue weighted by molar-refractivity contribution is 0.387. The molecule has 0 radical (unpaired) electrons. The van der Waals surface area contributed by atoms with E-state index in [9.17, 15) is 4.57 Å². The fourth-order valence-corrected chi connectivity index (χ4v) is 3.30. The van der Waals surface area contributed by atoms with Crippen molar-refractivity contribution in [1.29, 1.82) is 0 Å². The highest BCUT2D eigenvalue weighted by Gasteiger charge is 2.24. The van der Waals surface area contributed by atoms with E-state index >= 15 is 0 Å². The topological polar surface area (TPSA) is 61.6 Å². The summed E-state index contributed by atoms with van der Waals surface area (Å²) in [5, 5.41) is 1.11. The second kappa shape index (κ2) is 6.66. The molecule has 0 aromatic heterocycles. The van der Waals surface area contributed by atoms with Crippen LogP contribution in [-0.2, 0) is 4.57 Å². The van der Waals surface area contributed by atoms with Gasteiger partial charge in [0, 0.05) is 10.0 Å². The second-order valence-corrected chi connectivity index (χ2v) is 7.00. The lowest BCUT2D eigenvalue weighted by atomic mass is 10.3. The molecule has 0 aliphatic carbocycles. The molecular weight excluding hydrogens is 379 g/mol. The van der Waals surface area contributed by atoms with Crippen LogP contribution in [0, 0.1) is 0 Å². The van der Waals surface area contributed by atoms with Crippen molar-refractivity contribution in [3.8, 4) is 11.5 Å². The molecule has 0 atom stereocenters. The van der Waals surface area contributed by atoms with Crippen LogP contribution in [0.4, 0.5) is 0 Å². The summed E-state index contributed by atoms with van der Waals surface area (Å²) in [6.45, 7) is 0. The quantitative estimate of drug-likeness (QED) is 0.672. The highest BCUT2D eigenvalue weighted by Crippen LogP contribution is 2.45. The molecule has 0 fully saturated rings. The first-order valence-corrected chi connectivity index (χ1v) is 8.57. The van der Waals surface area contributed by atoms with Gasteiger partial charge >= 0.3 is 7.75 Å². The summed E-state index contributed by atoms with van der Waals surface area (Å²) in [4.78, 5) is 0. The number of rotatable bonds is 4. The fraction of sp³-hybridized carbons (Fsp3) is 0. The third-order valence-electron chi connectivity index (χ3n) is 2.24. The van der Waals surface area contributed by atoms with Crippen molar-refractivity contribution in [3.63, 3.8) is 0 Å². The van der Waals surface area contributed by atoms with Crippen LogP contribution in [0.25, 0.3) is 0 Å². The van der Waals surface area contributed by atoms with Crippen molar-refractivity contribution >= 4 is 54.2 Å².